The van der Waals surface area contributed by atoms with Crippen LogP contribution in [0.1, 0.15) is 5.69 Å². The Kier molecular flexibility index (Phi) is 3.16. The number of hydrogen-bond donors (Lipinski definition) is 0. The molecule has 0 radical (unpaired) electrons. The van der Waals surface area contributed by atoms with E-state index < -0.39 is 0 Å². The van der Waals surface area contributed by atoms with Gasteiger partial charge in [0.1, 0.15) is 11.5 Å². The van der Waals surface area contributed by atoms with Gasteiger partial charge < -0.3 is 0 Å². The summed E-state index contributed by atoms with van der Waals surface area (Å²) in [7, 11) is 0. The van der Waals surface area contributed by atoms with Crippen LogP contribution < -0.4 is 0 Å². The van der Waals surface area contributed by atoms with Gasteiger partial charge in [-0.1, -0.05) is 27.2 Å². The molecule has 0 fully saturated rings. The lowest BCUT2D eigenvalue weighted by Crippen LogP contribution is -1.99. The van der Waals surface area contributed by atoms with E-state index in [1.807, 2.05) is 0 Å². The zero-order valence-corrected chi connectivity index (χ0v) is 10.7. The van der Waals surface area contributed by atoms with Crippen LogP contribution in [-0.4, -0.2) is 15.0 Å². The van der Waals surface area contributed by atoms with Gasteiger partial charge in [-0.2, -0.15) is 0 Å². The molecular formula is C9H6Br2FN3. The number of hydrogen-bond acceptors (Lipinski definition) is 2. The van der Waals surface area contributed by atoms with E-state index in [1.165, 1.54) is 10.7 Å². The minimum absolute atomic E-state index is 0.338. The molecule has 15 heavy (non-hydrogen) atoms. The SMILES string of the molecule is Fc1cccc(Br)c1-n1cc(CBr)nn1. The summed E-state index contributed by atoms with van der Waals surface area (Å²) >= 11 is 6.53. The van der Waals surface area contributed by atoms with Gasteiger partial charge in [0.15, 0.2) is 0 Å². The Balaban J connectivity index is 2.53. The van der Waals surface area contributed by atoms with Gasteiger partial charge in [0, 0.05) is 9.80 Å². The van der Waals surface area contributed by atoms with Gasteiger partial charge in [-0.15, -0.1) is 5.10 Å². The van der Waals surface area contributed by atoms with Crippen LogP contribution in [0.3, 0.4) is 0 Å². The fourth-order valence-corrected chi connectivity index (χ4v) is 1.96. The molecule has 2 rings (SSSR count). The summed E-state index contributed by atoms with van der Waals surface area (Å²) in [5, 5.41) is 8.31. The van der Waals surface area contributed by atoms with Crippen molar-refractivity contribution in [1.82, 2.24) is 15.0 Å². The molecule has 0 N–H and O–H groups in total. The highest BCUT2D eigenvalue weighted by Gasteiger charge is 2.10. The standard InChI is InChI=1S/C9H6Br2FN3/c10-4-6-5-15(14-13-6)9-7(11)2-1-3-8(9)12/h1-3,5H,4H2. The highest BCUT2D eigenvalue weighted by atomic mass is 79.9. The van der Waals surface area contributed by atoms with Gasteiger partial charge >= 0.3 is 0 Å². The van der Waals surface area contributed by atoms with Crippen molar-refractivity contribution in [2.24, 2.45) is 0 Å². The number of alkyl halides is 1. The number of para-hydroxylation sites is 1. The fourth-order valence-electron chi connectivity index (χ4n) is 1.18. The number of aromatic nitrogens is 3. The predicted molar refractivity (Wildman–Crippen MR) is 61.6 cm³/mol. The Morgan fingerprint density at radius 1 is 1.40 bits per heavy atom. The predicted octanol–water partition coefficient (Wildman–Crippen LogP) is 3.06. The molecule has 0 amide bonds. The summed E-state index contributed by atoms with van der Waals surface area (Å²) in [5.41, 5.74) is 1.13. The highest BCUT2D eigenvalue weighted by Crippen LogP contribution is 2.23. The lowest BCUT2D eigenvalue weighted by atomic mass is 10.3. The first-order valence-electron chi connectivity index (χ1n) is 4.14. The van der Waals surface area contributed by atoms with Crippen molar-refractivity contribution < 1.29 is 4.39 Å². The molecule has 1 aromatic heterocycles. The molecule has 1 heterocycles. The third kappa shape index (κ3) is 2.10. The van der Waals surface area contributed by atoms with Crippen molar-refractivity contribution in [2.45, 2.75) is 5.33 Å². The number of halogens is 3. The second kappa shape index (κ2) is 4.40. The van der Waals surface area contributed by atoms with E-state index in [-0.39, 0.29) is 5.82 Å². The molecule has 1 aromatic carbocycles. The van der Waals surface area contributed by atoms with E-state index in [2.05, 4.69) is 42.2 Å². The number of benzene rings is 1. The summed E-state index contributed by atoms with van der Waals surface area (Å²) < 4.78 is 15.6. The molecule has 0 spiro atoms. The molecule has 0 aliphatic rings. The topological polar surface area (TPSA) is 30.7 Å². The molecule has 0 saturated heterocycles. The Hall–Kier alpha value is -0.750. The van der Waals surface area contributed by atoms with Crippen LogP contribution in [0, 0.1) is 5.82 Å². The van der Waals surface area contributed by atoms with Crippen LogP contribution in [0.4, 0.5) is 4.39 Å². The highest BCUT2D eigenvalue weighted by molar-refractivity contribution is 9.10. The van der Waals surface area contributed by atoms with Crippen molar-refractivity contribution >= 4 is 31.9 Å². The molecular weight excluding hydrogens is 329 g/mol. The van der Waals surface area contributed by atoms with Crippen LogP contribution >= 0.6 is 31.9 Å². The van der Waals surface area contributed by atoms with Crippen molar-refractivity contribution in [3.63, 3.8) is 0 Å². The van der Waals surface area contributed by atoms with E-state index >= 15 is 0 Å². The minimum Gasteiger partial charge on any atom is -0.216 e. The smallest absolute Gasteiger partial charge is 0.150 e. The number of rotatable bonds is 2. The summed E-state index contributed by atoms with van der Waals surface area (Å²) in [6, 6.07) is 4.77. The van der Waals surface area contributed by atoms with Crippen molar-refractivity contribution in [1.29, 1.82) is 0 Å². The van der Waals surface area contributed by atoms with Gasteiger partial charge in [0.2, 0.25) is 0 Å². The summed E-state index contributed by atoms with van der Waals surface area (Å²) in [6.07, 6.45) is 1.68. The van der Waals surface area contributed by atoms with Crippen LogP contribution in [0.2, 0.25) is 0 Å². The van der Waals surface area contributed by atoms with Gasteiger partial charge in [-0.3, -0.25) is 0 Å². The summed E-state index contributed by atoms with van der Waals surface area (Å²) in [5.74, 6) is -0.338. The van der Waals surface area contributed by atoms with E-state index in [9.17, 15) is 4.39 Å². The first kappa shape index (κ1) is 10.8. The second-order valence-electron chi connectivity index (χ2n) is 2.86. The Morgan fingerprint density at radius 3 is 2.80 bits per heavy atom. The van der Waals surface area contributed by atoms with Crippen LogP contribution in [0.25, 0.3) is 5.69 Å². The molecule has 0 atom stereocenters. The maximum absolute atomic E-state index is 13.5. The molecule has 0 aliphatic carbocycles. The molecule has 0 bridgehead atoms. The Labute approximate surface area is 103 Å². The van der Waals surface area contributed by atoms with Gasteiger partial charge in [-0.05, 0) is 28.1 Å². The lowest BCUT2D eigenvalue weighted by molar-refractivity contribution is 0.605. The minimum atomic E-state index is -0.338. The second-order valence-corrected chi connectivity index (χ2v) is 4.27. The number of nitrogens with zero attached hydrogens (tertiary/aromatic N) is 3. The van der Waals surface area contributed by atoms with E-state index in [1.54, 1.807) is 18.3 Å². The molecule has 6 heteroatoms. The van der Waals surface area contributed by atoms with E-state index in [0.717, 1.165) is 5.69 Å². The van der Waals surface area contributed by atoms with Crippen molar-refractivity contribution in [2.75, 3.05) is 0 Å². The van der Waals surface area contributed by atoms with Crippen LogP contribution in [-0.2, 0) is 5.33 Å². The van der Waals surface area contributed by atoms with Gasteiger partial charge in [0.05, 0.1) is 11.9 Å². The molecule has 0 saturated carbocycles. The van der Waals surface area contributed by atoms with Crippen molar-refractivity contribution in [3.05, 3.63) is 40.4 Å². The average Bonchev–Trinajstić information content (AvgIpc) is 2.66. The van der Waals surface area contributed by atoms with Crippen LogP contribution in [0.15, 0.2) is 28.9 Å². The van der Waals surface area contributed by atoms with Gasteiger partial charge in [0.25, 0.3) is 0 Å². The van der Waals surface area contributed by atoms with Crippen LogP contribution in [0.5, 0.6) is 0 Å². The largest absolute Gasteiger partial charge is 0.216 e. The first-order chi connectivity index (χ1) is 7.22. The fraction of sp³-hybridized carbons (Fsp3) is 0.111. The zero-order valence-electron chi connectivity index (χ0n) is 7.49. The maximum Gasteiger partial charge on any atom is 0.150 e. The monoisotopic (exact) mass is 333 g/mol. The zero-order chi connectivity index (χ0) is 10.8. The quantitative estimate of drug-likeness (QED) is 0.790. The lowest BCUT2D eigenvalue weighted by Gasteiger charge is -2.03. The molecule has 2 aromatic rings. The summed E-state index contributed by atoms with van der Waals surface area (Å²) in [6.45, 7) is 0. The molecule has 0 aliphatic heterocycles. The third-order valence-electron chi connectivity index (χ3n) is 1.84. The molecule has 78 valence electrons. The van der Waals surface area contributed by atoms with E-state index in [0.29, 0.717) is 15.5 Å². The molecule has 0 unspecified atom stereocenters. The normalized spacial score (nSPS) is 10.6. The van der Waals surface area contributed by atoms with Gasteiger partial charge in [-0.25, -0.2) is 9.07 Å². The van der Waals surface area contributed by atoms with E-state index in [4.69, 9.17) is 0 Å². The maximum atomic E-state index is 13.5. The Bertz CT molecular complexity index is 464. The first-order valence-corrected chi connectivity index (χ1v) is 6.05. The average molecular weight is 335 g/mol. The molecule has 3 nitrogen and oxygen atoms in total. The third-order valence-corrected chi connectivity index (χ3v) is 3.06. The Morgan fingerprint density at radius 2 is 2.20 bits per heavy atom. The van der Waals surface area contributed by atoms with Crippen molar-refractivity contribution in [3.8, 4) is 5.69 Å². The summed E-state index contributed by atoms with van der Waals surface area (Å²) in [4.78, 5) is 0.